The van der Waals surface area contributed by atoms with Crippen LogP contribution in [-0.4, -0.2) is 9.78 Å². The maximum Gasteiger partial charge on any atom is 0.120 e. The number of rotatable bonds is 5. The van der Waals surface area contributed by atoms with Gasteiger partial charge in [0.15, 0.2) is 0 Å². The van der Waals surface area contributed by atoms with Gasteiger partial charge in [-0.25, -0.2) is 4.68 Å². The van der Waals surface area contributed by atoms with E-state index in [4.69, 9.17) is 10.5 Å². The number of hydrogen-bond acceptors (Lipinski definition) is 3. The highest BCUT2D eigenvalue weighted by molar-refractivity contribution is 5.34. The van der Waals surface area contributed by atoms with E-state index in [-0.39, 0.29) is 0 Å². The van der Waals surface area contributed by atoms with Gasteiger partial charge in [0.25, 0.3) is 0 Å². The molecule has 0 aliphatic heterocycles. The van der Waals surface area contributed by atoms with Crippen LogP contribution in [0.5, 0.6) is 5.75 Å². The first-order valence-corrected chi connectivity index (χ1v) is 6.86. The van der Waals surface area contributed by atoms with Crippen molar-refractivity contribution in [2.24, 2.45) is 5.73 Å². The van der Waals surface area contributed by atoms with Gasteiger partial charge in [0.05, 0.1) is 5.69 Å². The number of nitrogens with two attached hydrogens (primary N) is 1. The molecule has 4 nitrogen and oxygen atoms in total. The zero-order valence-corrected chi connectivity index (χ0v) is 11.6. The Morgan fingerprint density at radius 3 is 2.57 bits per heavy atom. The fourth-order valence-corrected chi connectivity index (χ4v) is 2.10. The van der Waals surface area contributed by atoms with Crippen molar-refractivity contribution in [2.45, 2.75) is 13.2 Å². The molecule has 0 aliphatic carbocycles. The highest BCUT2D eigenvalue weighted by Crippen LogP contribution is 2.16. The van der Waals surface area contributed by atoms with Crippen LogP contribution in [0.1, 0.15) is 11.1 Å². The summed E-state index contributed by atoms with van der Waals surface area (Å²) in [7, 11) is 0. The molecule has 1 aromatic heterocycles. The monoisotopic (exact) mass is 279 g/mol. The van der Waals surface area contributed by atoms with Gasteiger partial charge in [-0.15, -0.1) is 0 Å². The van der Waals surface area contributed by atoms with Crippen LogP contribution in [0.4, 0.5) is 0 Å². The topological polar surface area (TPSA) is 53.1 Å². The number of ether oxygens (including phenoxy) is 1. The minimum Gasteiger partial charge on any atom is -0.489 e. The van der Waals surface area contributed by atoms with Gasteiger partial charge in [0.2, 0.25) is 0 Å². The lowest BCUT2D eigenvalue weighted by Gasteiger charge is -2.08. The zero-order chi connectivity index (χ0) is 14.5. The van der Waals surface area contributed by atoms with Crippen LogP contribution < -0.4 is 10.5 Å². The van der Waals surface area contributed by atoms with E-state index in [0.29, 0.717) is 13.2 Å². The summed E-state index contributed by atoms with van der Waals surface area (Å²) >= 11 is 0. The molecule has 0 atom stereocenters. The van der Waals surface area contributed by atoms with Crippen molar-refractivity contribution in [1.29, 1.82) is 0 Å². The summed E-state index contributed by atoms with van der Waals surface area (Å²) in [5, 5.41) is 4.20. The molecule has 0 saturated heterocycles. The second-order valence-corrected chi connectivity index (χ2v) is 4.76. The fraction of sp³-hybridized carbons (Fsp3) is 0.118. The molecule has 0 saturated carbocycles. The minimum absolute atomic E-state index is 0.524. The first-order chi connectivity index (χ1) is 10.3. The lowest BCUT2D eigenvalue weighted by atomic mass is 10.2. The van der Waals surface area contributed by atoms with Gasteiger partial charge in [-0.2, -0.15) is 5.10 Å². The number of benzene rings is 2. The summed E-state index contributed by atoms with van der Waals surface area (Å²) < 4.78 is 7.62. The zero-order valence-electron chi connectivity index (χ0n) is 11.6. The molecule has 0 fully saturated rings. The normalized spacial score (nSPS) is 10.5. The summed E-state index contributed by atoms with van der Waals surface area (Å²) in [5.74, 6) is 0.842. The summed E-state index contributed by atoms with van der Waals surface area (Å²) in [6.07, 6.45) is 3.69. The number of hydrogen-bond donors (Lipinski definition) is 1. The Hall–Kier alpha value is -2.59. The van der Waals surface area contributed by atoms with Crippen molar-refractivity contribution < 1.29 is 4.74 Å². The quantitative estimate of drug-likeness (QED) is 0.781. The average Bonchev–Trinajstić information content (AvgIpc) is 3.08. The van der Waals surface area contributed by atoms with Gasteiger partial charge >= 0.3 is 0 Å². The number of aromatic nitrogens is 2. The lowest BCUT2D eigenvalue weighted by molar-refractivity contribution is 0.306. The summed E-state index contributed by atoms with van der Waals surface area (Å²) in [4.78, 5) is 0. The second-order valence-electron chi connectivity index (χ2n) is 4.76. The molecule has 106 valence electrons. The molecule has 0 radical (unpaired) electrons. The Morgan fingerprint density at radius 2 is 1.86 bits per heavy atom. The third-order valence-electron chi connectivity index (χ3n) is 3.24. The maximum absolute atomic E-state index is 5.79. The van der Waals surface area contributed by atoms with E-state index in [1.54, 1.807) is 6.20 Å². The lowest BCUT2D eigenvalue weighted by Crippen LogP contribution is -1.99. The Kier molecular flexibility index (Phi) is 3.98. The molecule has 2 aromatic carbocycles. The van der Waals surface area contributed by atoms with E-state index in [1.807, 2.05) is 65.5 Å². The Labute approximate surface area is 123 Å². The molecule has 4 heteroatoms. The fourth-order valence-electron chi connectivity index (χ4n) is 2.10. The van der Waals surface area contributed by atoms with Crippen LogP contribution in [0.2, 0.25) is 0 Å². The van der Waals surface area contributed by atoms with Crippen LogP contribution >= 0.6 is 0 Å². The van der Waals surface area contributed by atoms with E-state index in [0.717, 1.165) is 22.6 Å². The second kappa shape index (κ2) is 6.24. The van der Waals surface area contributed by atoms with Crippen LogP contribution in [0.25, 0.3) is 5.69 Å². The first-order valence-electron chi connectivity index (χ1n) is 6.86. The Bertz CT molecular complexity index is 690. The van der Waals surface area contributed by atoms with Crippen molar-refractivity contribution in [2.75, 3.05) is 0 Å². The standard InChI is InChI=1S/C17H17N3O/c18-12-15-3-1-4-17(11-15)21-13-14-5-7-16(8-6-14)20-10-2-9-19-20/h1-11H,12-13,18H2. The third kappa shape index (κ3) is 3.30. The van der Waals surface area contributed by atoms with E-state index in [1.165, 1.54) is 0 Å². The van der Waals surface area contributed by atoms with E-state index >= 15 is 0 Å². The van der Waals surface area contributed by atoms with Crippen LogP contribution in [0, 0.1) is 0 Å². The largest absolute Gasteiger partial charge is 0.489 e. The molecular weight excluding hydrogens is 262 g/mol. The van der Waals surface area contributed by atoms with Gasteiger partial charge in [-0.05, 0) is 41.5 Å². The highest BCUT2D eigenvalue weighted by Gasteiger charge is 1.99. The molecule has 1 heterocycles. The minimum atomic E-state index is 0.524. The van der Waals surface area contributed by atoms with E-state index in [2.05, 4.69) is 5.10 Å². The Balaban J connectivity index is 1.65. The van der Waals surface area contributed by atoms with Crippen molar-refractivity contribution >= 4 is 0 Å². The molecule has 0 unspecified atom stereocenters. The van der Waals surface area contributed by atoms with Crippen LogP contribution in [0.3, 0.4) is 0 Å². The molecule has 0 aliphatic rings. The Morgan fingerprint density at radius 1 is 1.00 bits per heavy atom. The third-order valence-corrected chi connectivity index (χ3v) is 3.24. The van der Waals surface area contributed by atoms with Gasteiger partial charge < -0.3 is 10.5 Å². The van der Waals surface area contributed by atoms with Crippen LogP contribution in [0.15, 0.2) is 67.0 Å². The smallest absolute Gasteiger partial charge is 0.120 e. The highest BCUT2D eigenvalue weighted by atomic mass is 16.5. The summed E-state index contributed by atoms with van der Waals surface area (Å²) in [6, 6.07) is 17.9. The van der Waals surface area contributed by atoms with E-state index in [9.17, 15) is 0 Å². The van der Waals surface area contributed by atoms with Gasteiger partial charge in [-0.1, -0.05) is 24.3 Å². The van der Waals surface area contributed by atoms with Crippen molar-refractivity contribution in [3.05, 3.63) is 78.1 Å². The van der Waals surface area contributed by atoms with Gasteiger partial charge in [-0.3, -0.25) is 0 Å². The van der Waals surface area contributed by atoms with E-state index < -0.39 is 0 Å². The number of nitrogens with zero attached hydrogens (tertiary/aromatic N) is 2. The summed E-state index contributed by atoms with van der Waals surface area (Å²) in [5.41, 5.74) is 8.85. The average molecular weight is 279 g/mol. The van der Waals surface area contributed by atoms with Crippen LogP contribution in [-0.2, 0) is 13.2 Å². The molecule has 0 amide bonds. The molecule has 3 rings (SSSR count). The summed E-state index contributed by atoms with van der Waals surface area (Å²) in [6.45, 7) is 1.06. The first kappa shape index (κ1) is 13.4. The molecule has 0 bridgehead atoms. The van der Waals surface area contributed by atoms with Crippen molar-refractivity contribution in [3.8, 4) is 11.4 Å². The molecule has 2 N–H and O–H groups in total. The maximum atomic E-state index is 5.79. The molecule has 21 heavy (non-hydrogen) atoms. The van der Waals surface area contributed by atoms with Crippen molar-refractivity contribution in [1.82, 2.24) is 9.78 Å². The predicted molar refractivity (Wildman–Crippen MR) is 82.2 cm³/mol. The van der Waals surface area contributed by atoms with Gasteiger partial charge in [0.1, 0.15) is 12.4 Å². The molecule has 3 aromatic rings. The van der Waals surface area contributed by atoms with Gasteiger partial charge in [0, 0.05) is 18.9 Å². The molecule has 0 spiro atoms. The predicted octanol–water partition coefficient (Wildman–Crippen LogP) is 2.91. The molecular formula is C17H17N3O. The SMILES string of the molecule is NCc1cccc(OCc2ccc(-n3cccn3)cc2)c1. The van der Waals surface area contributed by atoms with Crippen molar-refractivity contribution in [3.63, 3.8) is 0 Å².